The van der Waals surface area contributed by atoms with Gasteiger partial charge in [-0.25, -0.2) is 9.78 Å². The van der Waals surface area contributed by atoms with E-state index in [2.05, 4.69) is 10.3 Å². The van der Waals surface area contributed by atoms with Gasteiger partial charge in [0.15, 0.2) is 4.34 Å². The minimum Gasteiger partial charge on any atom is -0.477 e. The summed E-state index contributed by atoms with van der Waals surface area (Å²) in [6.07, 6.45) is 0.534. The van der Waals surface area contributed by atoms with Crippen LogP contribution in [0.25, 0.3) is 0 Å². The largest absolute Gasteiger partial charge is 0.477 e. The number of carboxylic acid groups (broad SMARTS) is 1. The van der Waals surface area contributed by atoms with Crippen LogP contribution in [0.1, 0.15) is 11.3 Å². The highest BCUT2D eigenvalue weighted by Gasteiger charge is 2.54. The van der Waals surface area contributed by atoms with Gasteiger partial charge in [-0.05, 0) is 5.56 Å². The number of carboxylic acids is 1. The number of fused-ring (bicyclic) bond motifs is 1. The van der Waals surface area contributed by atoms with Gasteiger partial charge in [0.1, 0.15) is 17.1 Å². The van der Waals surface area contributed by atoms with Gasteiger partial charge in [0.2, 0.25) is 5.91 Å². The molecule has 4 N–H and O–H groups in total. The average molecular weight is 507 g/mol. The van der Waals surface area contributed by atoms with Gasteiger partial charge in [0.05, 0.1) is 17.1 Å². The molecule has 1 saturated heterocycles. The minimum atomic E-state index is -1.18. The predicted molar refractivity (Wildman–Crippen MR) is 128 cm³/mol. The quantitative estimate of drug-likeness (QED) is 0.364. The smallest absolute Gasteiger partial charge is 0.353 e. The summed E-state index contributed by atoms with van der Waals surface area (Å²) in [6, 6.07) is 8.48. The topological polar surface area (TPSA) is 126 Å². The van der Waals surface area contributed by atoms with Crippen molar-refractivity contribution in [3.8, 4) is 0 Å². The number of carbonyl (C=O) groups excluding carboxylic acids is 2. The zero-order valence-electron chi connectivity index (χ0n) is 16.5. The number of nitrogens with two attached hydrogens (primary N) is 1. The second-order valence-electron chi connectivity index (χ2n) is 7.04. The molecule has 3 heterocycles. The number of benzene rings is 1. The summed E-state index contributed by atoms with van der Waals surface area (Å²) in [5.74, 6) is -1.48. The van der Waals surface area contributed by atoms with E-state index in [1.807, 2.05) is 35.7 Å². The number of rotatable bonds is 8. The van der Waals surface area contributed by atoms with Crippen molar-refractivity contribution in [2.75, 3.05) is 5.75 Å². The van der Waals surface area contributed by atoms with E-state index in [0.717, 1.165) is 11.3 Å². The lowest BCUT2D eigenvalue weighted by Gasteiger charge is -2.49. The molecule has 2 aromatic rings. The summed E-state index contributed by atoms with van der Waals surface area (Å²) in [5.41, 5.74) is 7.07. The maximum absolute atomic E-state index is 12.8. The fourth-order valence-electron chi connectivity index (χ4n) is 3.38. The highest BCUT2D eigenvalue weighted by molar-refractivity contribution is 8.07. The van der Waals surface area contributed by atoms with E-state index >= 15 is 0 Å². The number of thiocarbonyl (C=S) groups is 1. The van der Waals surface area contributed by atoms with Gasteiger partial charge in [-0.3, -0.25) is 14.5 Å². The number of aliphatic carboxylic acids is 1. The fourth-order valence-corrected chi connectivity index (χ4v) is 6.99. The molecule has 12 heteroatoms. The Morgan fingerprint density at radius 3 is 2.75 bits per heavy atom. The standard InChI is InChI=1S/C20H18N4O4S4/c21-13(29)7-11-8-31-20(22-11)32-12-9-30-18-15(17(26)24(18)16(12)19(27)28)23-14(25)6-10-4-2-1-3-5-10/h1-5,8,15,18H,6-7,9H2,(H2,21,29)(H,23,25)(H,27,28)/t15-,18-/m1/s1. The van der Waals surface area contributed by atoms with Crippen LogP contribution in [0.2, 0.25) is 0 Å². The monoisotopic (exact) mass is 506 g/mol. The van der Waals surface area contributed by atoms with Gasteiger partial charge in [-0.15, -0.1) is 23.1 Å². The number of amides is 2. The van der Waals surface area contributed by atoms with E-state index in [1.54, 1.807) is 0 Å². The van der Waals surface area contributed by atoms with E-state index in [1.165, 1.54) is 39.8 Å². The number of carbonyl (C=O) groups is 3. The van der Waals surface area contributed by atoms with Crippen LogP contribution in [0.15, 0.2) is 50.7 Å². The Hall–Kier alpha value is -2.41. The molecule has 0 bridgehead atoms. The molecule has 32 heavy (non-hydrogen) atoms. The van der Waals surface area contributed by atoms with E-state index in [4.69, 9.17) is 18.0 Å². The molecule has 0 unspecified atom stereocenters. The Kier molecular flexibility index (Phi) is 6.84. The second kappa shape index (κ2) is 9.61. The van der Waals surface area contributed by atoms with Crippen molar-refractivity contribution < 1.29 is 19.5 Å². The first-order valence-electron chi connectivity index (χ1n) is 9.48. The van der Waals surface area contributed by atoms with Crippen molar-refractivity contribution in [3.63, 3.8) is 0 Å². The molecule has 1 aromatic carbocycles. The molecule has 2 aliphatic heterocycles. The van der Waals surface area contributed by atoms with Gasteiger partial charge >= 0.3 is 5.97 Å². The van der Waals surface area contributed by atoms with Crippen LogP contribution >= 0.6 is 47.1 Å². The Morgan fingerprint density at radius 2 is 2.06 bits per heavy atom. The lowest BCUT2D eigenvalue weighted by molar-refractivity contribution is -0.150. The lowest BCUT2D eigenvalue weighted by atomic mass is 10.0. The first-order valence-corrected chi connectivity index (χ1v) is 12.6. The molecule has 166 valence electrons. The van der Waals surface area contributed by atoms with Crippen LogP contribution in [0, 0.1) is 0 Å². The molecule has 0 saturated carbocycles. The summed E-state index contributed by atoms with van der Waals surface area (Å²) in [4.78, 5) is 43.7. The third kappa shape index (κ3) is 4.82. The molecule has 2 amide bonds. The third-order valence-corrected chi connectivity index (χ3v) is 8.43. The fraction of sp³-hybridized carbons (Fsp3) is 0.250. The van der Waals surface area contributed by atoms with E-state index < -0.39 is 23.3 Å². The summed E-state index contributed by atoms with van der Waals surface area (Å²) in [6.45, 7) is 0. The molecular formula is C20H18N4O4S4. The zero-order chi connectivity index (χ0) is 22.8. The first kappa shape index (κ1) is 22.8. The molecular weight excluding hydrogens is 489 g/mol. The van der Waals surface area contributed by atoms with Crippen LogP contribution < -0.4 is 11.1 Å². The number of nitrogens with one attached hydrogen (secondary N) is 1. The number of thioether (sulfide) groups is 2. The van der Waals surface area contributed by atoms with Gasteiger partial charge in [0, 0.05) is 22.5 Å². The van der Waals surface area contributed by atoms with Crippen molar-refractivity contribution in [1.82, 2.24) is 15.2 Å². The van der Waals surface area contributed by atoms with Crippen molar-refractivity contribution in [3.05, 3.63) is 57.6 Å². The normalized spacial score (nSPS) is 19.9. The van der Waals surface area contributed by atoms with Crippen LogP contribution in [0.4, 0.5) is 0 Å². The second-order valence-corrected chi connectivity index (χ2v) is 10.9. The van der Waals surface area contributed by atoms with Gasteiger partial charge in [0.25, 0.3) is 5.91 Å². The summed E-state index contributed by atoms with van der Waals surface area (Å²) < 4.78 is 0.657. The number of nitrogens with zero attached hydrogens (tertiary/aromatic N) is 2. The minimum absolute atomic E-state index is 0.0524. The molecule has 1 aromatic heterocycles. The molecule has 1 fully saturated rings. The van der Waals surface area contributed by atoms with E-state index in [-0.39, 0.29) is 18.0 Å². The predicted octanol–water partition coefficient (Wildman–Crippen LogP) is 2.00. The van der Waals surface area contributed by atoms with Crippen molar-refractivity contribution in [2.45, 2.75) is 28.6 Å². The number of β-lactam (4-membered cyclic amide) rings is 1. The number of hydrogen-bond acceptors (Lipinski definition) is 8. The molecule has 2 aliphatic rings. The Morgan fingerprint density at radius 1 is 1.31 bits per heavy atom. The highest BCUT2D eigenvalue weighted by Crippen LogP contribution is 2.45. The molecule has 0 aliphatic carbocycles. The van der Waals surface area contributed by atoms with Crippen molar-refractivity contribution in [2.24, 2.45) is 5.73 Å². The van der Waals surface area contributed by atoms with Crippen LogP contribution in [-0.2, 0) is 27.2 Å². The van der Waals surface area contributed by atoms with Gasteiger partial charge in [-0.1, -0.05) is 54.3 Å². The number of aromatic nitrogens is 1. The molecule has 0 radical (unpaired) electrons. The van der Waals surface area contributed by atoms with Gasteiger partial charge < -0.3 is 16.2 Å². The lowest BCUT2D eigenvalue weighted by Crippen LogP contribution is -2.70. The van der Waals surface area contributed by atoms with Crippen LogP contribution in [-0.4, -0.2) is 54.9 Å². The summed E-state index contributed by atoms with van der Waals surface area (Å²) in [5, 5.41) is 13.9. The Labute approximate surface area is 201 Å². The van der Waals surface area contributed by atoms with E-state index in [0.29, 0.717) is 26.4 Å². The number of hydrogen-bond donors (Lipinski definition) is 3. The SMILES string of the molecule is NC(=S)Cc1csc(SC2=C(C(=O)O)N3C(=O)[C@@H](NC(=O)Cc4ccccc4)[C@H]3SC2)n1. The summed E-state index contributed by atoms with van der Waals surface area (Å²) in [7, 11) is 0. The van der Waals surface area contributed by atoms with Gasteiger partial charge in [-0.2, -0.15) is 0 Å². The van der Waals surface area contributed by atoms with E-state index in [9.17, 15) is 19.5 Å². The third-order valence-electron chi connectivity index (χ3n) is 4.76. The Bertz CT molecular complexity index is 1120. The summed E-state index contributed by atoms with van der Waals surface area (Å²) >= 11 is 8.92. The molecule has 2 atom stereocenters. The highest BCUT2D eigenvalue weighted by atomic mass is 32.2. The van der Waals surface area contributed by atoms with Crippen LogP contribution in [0.5, 0.6) is 0 Å². The van der Waals surface area contributed by atoms with Crippen LogP contribution in [0.3, 0.4) is 0 Å². The maximum atomic E-state index is 12.8. The maximum Gasteiger partial charge on any atom is 0.353 e. The average Bonchev–Trinajstić information content (AvgIpc) is 3.18. The molecule has 0 spiro atoms. The Balaban J connectivity index is 1.46. The molecule has 8 nitrogen and oxygen atoms in total. The first-order chi connectivity index (χ1) is 15.3. The molecule has 4 rings (SSSR count). The van der Waals surface area contributed by atoms with Crippen molar-refractivity contribution in [1.29, 1.82) is 0 Å². The zero-order valence-corrected chi connectivity index (χ0v) is 19.8. The van der Waals surface area contributed by atoms with Crippen molar-refractivity contribution >= 4 is 69.9 Å². The number of thiazole rings is 1.